The number of amides is 2. The summed E-state index contributed by atoms with van der Waals surface area (Å²) in [7, 11) is 0. The zero-order valence-electron chi connectivity index (χ0n) is 23.8. The second-order valence-electron chi connectivity index (χ2n) is 10.8. The minimum atomic E-state index is -0.109. The molecule has 0 radical (unpaired) electrons. The third-order valence-corrected chi connectivity index (χ3v) is 7.80. The molecule has 11 heteroatoms. The van der Waals surface area contributed by atoms with E-state index in [9.17, 15) is 14.4 Å². The van der Waals surface area contributed by atoms with Gasteiger partial charge in [-0.25, -0.2) is 4.98 Å². The van der Waals surface area contributed by atoms with Crippen molar-refractivity contribution >= 4 is 40.2 Å². The summed E-state index contributed by atoms with van der Waals surface area (Å²) in [5.41, 5.74) is 2.43. The summed E-state index contributed by atoms with van der Waals surface area (Å²) in [5, 5.41) is 4.06. The number of benzene rings is 1. The van der Waals surface area contributed by atoms with E-state index >= 15 is 0 Å². The van der Waals surface area contributed by atoms with Crippen molar-refractivity contribution in [3.05, 3.63) is 65.6 Å². The number of piperazine rings is 2. The topological polar surface area (TPSA) is 107 Å². The predicted molar refractivity (Wildman–Crippen MR) is 160 cm³/mol. The van der Waals surface area contributed by atoms with Gasteiger partial charge in [0.2, 0.25) is 17.8 Å². The molecule has 2 amide bonds. The monoisotopic (exact) mass is 558 g/mol. The Bertz CT molecular complexity index is 1450. The fourth-order valence-corrected chi connectivity index (χ4v) is 5.34. The number of hydrogen-bond acceptors (Lipinski definition) is 8. The SMILES string of the molecule is C=CC(=O)N1CCN(CCn2c(=O)ccc3cnc(Nc4ccc(N5CCN(C(=O)C(C)C)CC5)cc4)nc32)CC1. The molecule has 0 bridgehead atoms. The van der Waals surface area contributed by atoms with E-state index in [0.29, 0.717) is 37.8 Å². The Hall–Kier alpha value is -4.25. The van der Waals surface area contributed by atoms with Crippen LogP contribution in [0, 0.1) is 5.92 Å². The van der Waals surface area contributed by atoms with E-state index < -0.39 is 0 Å². The van der Waals surface area contributed by atoms with Crippen LogP contribution < -0.4 is 15.8 Å². The summed E-state index contributed by atoms with van der Waals surface area (Å²) < 4.78 is 1.69. The van der Waals surface area contributed by atoms with E-state index in [1.54, 1.807) is 27.8 Å². The summed E-state index contributed by atoms with van der Waals surface area (Å²) in [5.74, 6) is 0.612. The number of hydrogen-bond donors (Lipinski definition) is 1. The first-order chi connectivity index (χ1) is 19.8. The summed E-state index contributed by atoms with van der Waals surface area (Å²) in [6.45, 7) is 14.5. The lowest BCUT2D eigenvalue weighted by molar-refractivity contribution is -0.134. The number of anilines is 3. The first kappa shape index (κ1) is 28.3. The summed E-state index contributed by atoms with van der Waals surface area (Å²) in [6, 6.07) is 11.4. The van der Waals surface area contributed by atoms with Gasteiger partial charge >= 0.3 is 0 Å². The van der Waals surface area contributed by atoms with Crippen LogP contribution in [-0.4, -0.2) is 100.0 Å². The van der Waals surface area contributed by atoms with Crippen molar-refractivity contribution in [2.75, 3.05) is 69.1 Å². The zero-order chi connectivity index (χ0) is 28.9. The molecule has 2 aliphatic heterocycles. The van der Waals surface area contributed by atoms with Crippen LogP contribution in [0.4, 0.5) is 17.3 Å². The summed E-state index contributed by atoms with van der Waals surface area (Å²) in [4.78, 5) is 54.4. The fourth-order valence-electron chi connectivity index (χ4n) is 5.34. The molecule has 216 valence electrons. The van der Waals surface area contributed by atoms with Crippen LogP contribution in [-0.2, 0) is 16.1 Å². The van der Waals surface area contributed by atoms with E-state index in [4.69, 9.17) is 4.98 Å². The van der Waals surface area contributed by atoms with Gasteiger partial charge in [0, 0.05) is 100 Å². The second kappa shape index (κ2) is 12.5. The van der Waals surface area contributed by atoms with Gasteiger partial charge in [0.25, 0.3) is 5.56 Å². The van der Waals surface area contributed by atoms with Crippen molar-refractivity contribution in [2.45, 2.75) is 20.4 Å². The maximum atomic E-state index is 12.8. The maximum absolute atomic E-state index is 12.8. The number of rotatable bonds is 8. The van der Waals surface area contributed by atoms with Crippen LogP contribution in [0.2, 0.25) is 0 Å². The lowest BCUT2D eigenvalue weighted by Gasteiger charge is -2.37. The van der Waals surface area contributed by atoms with Crippen LogP contribution >= 0.6 is 0 Å². The average molecular weight is 559 g/mol. The van der Waals surface area contributed by atoms with Gasteiger partial charge in [-0.2, -0.15) is 4.98 Å². The van der Waals surface area contributed by atoms with Crippen molar-refractivity contribution in [2.24, 2.45) is 5.92 Å². The Balaban J connectivity index is 1.22. The Morgan fingerprint density at radius 3 is 2.27 bits per heavy atom. The highest BCUT2D eigenvalue weighted by molar-refractivity contribution is 5.87. The van der Waals surface area contributed by atoms with Crippen LogP contribution in [0.1, 0.15) is 13.8 Å². The number of carbonyl (C=O) groups is 2. The van der Waals surface area contributed by atoms with Gasteiger partial charge in [0.1, 0.15) is 5.65 Å². The Kier molecular flexibility index (Phi) is 8.63. The molecule has 0 spiro atoms. The molecule has 4 heterocycles. The molecule has 11 nitrogen and oxygen atoms in total. The molecule has 2 saturated heterocycles. The van der Waals surface area contributed by atoms with Crippen molar-refractivity contribution in [3.63, 3.8) is 0 Å². The standard InChI is InChI=1S/C30H38N8O3/c1-4-26(39)36-14-11-34(12-15-36)13-20-38-27(40)10-5-23-21-31-30(33-28(23)38)32-24-6-8-25(9-7-24)35-16-18-37(19-17-35)29(41)22(2)3/h4-10,21-22H,1,11-20H2,2-3H3,(H,31,32,33). The van der Waals surface area contributed by atoms with Gasteiger partial charge in [0.15, 0.2) is 0 Å². The van der Waals surface area contributed by atoms with E-state index in [1.165, 1.54) is 6.08 Å². The lowest BCUT2D eigenvalue weighted by atomic mass is 10.1. The van der Waals surface area contributed by atoms with Crippen molar-refractivity contribution < 1.29 is 9.59 Å². The molecule has 2 aliphatic rings. The Morgan fingerprint density at radius 2 is 1.61 bits per heavy atom. The number of fused-ring (bicyclic) bond motifs is 1. The van der Waals surface area contributed by atoms with Crippen molar-refractivity contribution in [1.82, 2.24) is 29.2 Å². The van der Waals surface area contributed by atoms with Crippen LogP contribution in [0.3, 0.4) is 0 Å². The fraction of sp³-hybridized carbons (Fsp3) is 0.433. The van der Waals surface area contributed by atoms with Gasteiger partial charge < -0.3 is 20.0 Å². The van der Waals surface area contributed by atoms with Crippen LogP contribution in [0.5, 0.6) is 0 Å². The minimum Gasteiger partial charge on any atom is -0.368 e. The first-order valence-electron chi connectivity index (χ1n) is 14.2. The highest BCUT2D eigenvalue weighted by Gasteiger charge is 2.23. The van der Waals surface area contributed by atoms with Crippen molar-refractivity contribution in [3.8, 4) is 0 Å². The molecule has 5 rings (SSSR count). The minimum absolute atomic E-state index is 0.0237. The zero-order valence-corrected chi connectivity index (χ0v) is 23.8. The third-order valence-electron chi connectivity index (χ3n) is 7.80. The molecule has 0 unspecified atom stereocenters. The van der Waals surface area contributed by atoms with E-state index in [1.807, 2.05) is 30.9 Å². The van der Waals surface area contributed by atoms with Gasteiger partial charge in [-0.05, 0) is 36.4 Å². The molecule has 41 heavy (non-hydrogen) atoms. The highest BCUT2D eigenvalue weighted by Crippen LogP contribution is 2.22. The molecular weight excluding hydrogens is 520 g/mol. The number of carbonyl (C=O) groups excluding carboxylic acids is 2. The van der Waals surface area contributed by atoms with Crippen LogP contribution in [0.25, 0.3) is 11.0 Å². The second-order valence-corrected chi connectivity index (χ2v) is 10.8. The molecular formula is C30H38N8O3. The average Bonchev–Trinajstić information content (AvgIpc) is 3.00. The van der Waals surface area contributed by atoms with Crippen molar-refractivity contribution in [1.29, 1.82) is 0 Å². The number of nitrogens with one attached hydrogen (secondary N) is 1. The number of nitrogens with zero attached hydrogens (tertiary/aromatic N) is 7. The molecule has 2 aromatic heterocycles. The lowest BCUT2D eigenvalue weighted by Crippen LogP contribution is -2.49. The normalized spacial score (nSPS) is 16.3. The van der Waals surface area contributed by atoms with Gasteiger partial charge in [-0.1, -0.05) is 20.4 Å². The van der Waals surface area contributed by atoms with E-state index in [2.05, 4.69) is 38.8 Å². The molecule has 0 saturated carbocycles. The van der Waals surface area contributed by atoms with E-state index in [0.717, 1.165) is 56.0 Å². The van der Waals surface area contributed by atoms with Gasteiger partial charge in [-0.3, -0.25) is 23.9 Å². The van der Waals surface area contributed by atoms with Crippen LogP contribution in [0.15, 0.2) is 60.0 Å². The summed E-state index contributed by atoms with van der Waals surface area (Å²) >= 11 is 0. The maximum Gasteiger partial charge on any atom is 0.252 e. The molecule has 0 aliphatic carbocycles. The molecule has 3 aromatic rings. The quantitative estimate of drug-likeness (QED) is 0.420. The van der Waals surface area contributed by atoms with E-state index in [-0.39, 0.29) is 23.3 Å². The molecule has 0 atom stereocenters. The van der Waals surface area contributed by atoms with Gasteiger partial charge in [-0.15, -0.1) is 0 Å². The summed E-state index contributed by atoms with van der Waals surface area (Å²) in [6.07, 6.45) is 3.08. The smallest absolute Gasteiger partial charge is 0.252 e. The Morgan fingerprint density at radius 1 is 0.927 bits per heavy atom. The Labute approximate surface area is 240 Å². The first-order valence-corrected chi connectivity index (χ1v) is 14.2. The number of aromatic nitrogens is 3. The molecule has 1 aromatic carbocycles. The van der Waals surface area contributed by atoms with Gasteiger partial charge in [0.05, 0.1) is 0 Å². The number of pyridine rings is 1. The highest BCUT2D eigenvalue weighted by atomic mass is 16.2. The molecule has 2 fully saturated rings. The largest absolute Gasteiger partial charge is 0.368 e. The molecule has 1 N–H and O–H groups in total. The third kappa shape index (κ3) is 6.57. The predicted octanol–water partition coefficient (Wildman–Crippen LogP) is 2.17.